The molecule has 0 bridgehead atoms. The van der Waals surface area contributed by atoms with E-state index in [1.807, 2.05) is 24.3 Å². The van der Waals surface area contributed by atoms with E-state index in [2.05, 4.69) is 9.88 Å². The van der Waals surface area contributed by atoms with Crippen molar-refractivity contribution in [3.8, 4) is 5.75 Å². The molecule has 0 amide bonds. The maximum absolute atomic E-state index is 12.2. The minimum absolute atomic E-state index is 0.146. The second-order valence-electron chi connectivity index (χ2n) is 5.36. The Bertz CT molecular complexity index is 716. The van der Waals surface area contributed by atoms with Gasteiger partial charge in [0.25, 0.3) is 0 Å². The van der Waals surface area contributed by atoms with E-state index in [4.69, 9.17) is 9.26 Å². The highest BCUT2D eigenvalue weighted by atomic mass is 32.2. The van der Waals surface area contributed by atoms with Crippen molar-refractivity contribution in [2.24, 2.45) is 0 Å². The van der Waals surface area contributed by atoms with E-state index in [0.29, 0.717) is 18.0 Å². The van der Waals surface area contributed by atoms with E-state index >= 15 is 0 Å². The zero-order chi connectivity index (χ0) is 16.9. The van der Waals surface area contributed by atoms with Gasteiger partial charge in [-0.15, -0.1) is 0 Å². The fraction of sp³-hybridized carbons (Fsp3) is 0.438. The van der Waals surface area contributed by atoms with Crippen molar-refractivity contribution in [2.45, 2.75) is 38.0 Å². The number of ether oxygens (including phenoxy) is 1. The number of nitrogens with zero attached hydrogens (tertiary/aromatic N) is 1. The van der Waals surface area contributed by atoms with Crippen molar-refractivity contribution < 1.29 is 17.7 Å². The number of methoxy groups -OCH3 is 1. The summed E-state index contributed by atoms with van der Waals surface area (Å²) in [5.41, 5.74) is 1.59. The molecule has 0 fully saturated rings. The second-order valence-corrected chi connectivity index (χ2v) is 7.06. The number of unbranched alkanes of at least 4 members (excludes halogenated alkanes) is 1. The second kappa shape index (κ2) is 7.61. The lowest BCUT2D eigenvalue weighted by Crippen LogP contribution is -2.25. The first-order chi connectivity index (χ1) is 10.9. The molecule has 7 heteroatoms. The van der Waals surface area contributed by atoms with Crippen molar-refractivity contribution in [1.29, 1.82) is 0 Å². The Labute approximate surface area is 136 Å². The predicted octanol–water partition coefficient (Wildman–Crippen LogP) is 2.60. The van der Waals surface area contributed by atoms with Crippen LogP contribution in [0, 0.1) is 13.8 Å². The monoisotopic (exact) mass is 338 g/mol. The van der Waals surface area contributed by atoms with Gasteiger partial charge in [0.2, 0.25) is 10.0 Å². The molecule has 0 saturated heterocycles. The predicted molar refractivity (Wildman–Crippen MR) is 87.1 cm³/mol. The molecule has 0 unspecified atom stereocenters. The van der Waals surface area contributed by atoms with Gasteiger partial charge in [-0.2, -0.15) is 0 Å². The third-order valence-corrected chi connectivity index (χ3v) is 5.28. The van der Waals surface area contributed by atoms with Gasteiger partial charge in [-0.1, -0.05) is 17.3 Å². The molecule has 0 aliphatic heterocycles. The van der Waals surface area contributed by atoms with Crippen LogP contribution in [-0.4, -0.2) is 27.2 Å². The number of aryl methyl sites for hydroxylation is 3. The van der Waals surface area contributed by atoms with Crippen LogP contribution in [0.2, 0.25) is 0 Å². The summed E-state index contributed by atoms with van der Waals surface area (Å²) < 4.78 is 37.0. The van der Waals surface area contributed by atoms with Crippen LogP contribution in [0.4, 0.5) is 0 Å². The van der Waals surface area contributed by atoms with Crippen molar-refractivity contribution in [3.63, 3.8) is 0 Å². The third-order valence-electron chi connectivity index (χ3n) is 3.58. The van der Waals surface area contributed by atoms with Crippen molar-refractivity contribution in [3.05, 3.63) is 41.3 Å². The molecule has 2 aromatic rings. The summed E-state index contributed by atoms with van der Waals surface area (Å²) >= 11 is 0. The van der Waals surface area contributed by atoms with Crippen molar-refractivity contribution >= 4 is 10.0 Å². The van der Waals surface area contributed by atoms with Crippen molar-refractivity contribution in [1.82, 2.24) is 9.88 Å². The minimum Gasteiger partial charge on any atom is -0.497 e. The summed E-state index contributed by atoms with van der Waals surface area (Å²) in [6, 6.07) is 7.89. The van der Waals surface area contributed by atoms with E-state index in [-0.39, 0.29) is 4.90 Å². The largest absolute Gasteiger partial charge is 0.497 e. The molecule has 126 valence electrons. The van der Waals surface area contributed by atoms with E-state index < -0.39 is 10.0 Å². The highest BCUT2D eigenvalue weighted by Gasteiger charge is 2.23. The third kappa shape index (κ3) is 4.56. The fourth-order valence-corrected chi connectivity index (χ4v) is 3.78. The summed E-state index contributed by atoms with van der Waals surface area (Å²) in [6.45, 7) is 3.61. The van der Waals surface area contributed by atoms with Gasteiger partial charge < -0.3 is 9.26 Å². The van der Waals surface area contributed by atoms with Gasteiger partial charge in [0.1, 0.15) is 16.3 Å². The maximum atomic E-state index is 12.2. The van der Waals surface area contributed by atoms with Crippen molar-refractivity contribution in [2.75, 3.05) is 13.7 Å². The Hall–Kier alpha value is -1.86. The molecule has 1 aromatic carbocycles. The average molecular weight is 338 g/mol. The smallest absolute Gasteiger partial charge is 0.245 e. The van der Waals surface area contributed by atoms with Gasteiger partial charge in [-0.05, 0) is 50.8 Å². The molecule has 0 aliphatic rings. The molecule has 23 heavy (non-hydrogen) atoms. The quantitative estimate of drug-likeness (QED) is 0.748. The normalized spacial score (nSPS) is 11.6. The van der Waals surface area contributed by atoms with Gasteiger partial charge in [0.05, 0.1) is 7.11 Å². The molecular formula is C16H22N2O4S. The van der Waals surface area contributed by atoms with Crippen LogP contribution in [0.1, 0.15) is 29.9 Å². The molecule has 0 radical (unpaired) electrons. The zero-order valence-electron chi connectivity index (χ0n) is 13.6. The highest BCUT2D eigenvalue weighted by Crippen LogP contribution is 2.18. The number of aromatic nitrogens is 1. The van der Waals surface area contributed by atoms with Crippen LogP contribution in [0.15, 0.2) is 33.7 Å². The van der Waals surface area contributed by atoms with Crippen LogP contribution in [0.3, 0.4) is 0 Å². The number of benzene rings is 1. The number of sulfonamides is 1. The summed E-state index contributed by atoms with van der Waals surface area (Å²) in [5, 5.41) is 3.68. The first-order valence-electron chi connectivity index (χ1n) is 7.49. The molecular weight excluding hydrogens is 316 g/mol. The Kier molecular flexibility index (Phi) is 5.79. The van der Waals surface area contributed by atoms with Gasteiger partial charge >= 0.3 is 0 Å². The van der Waals surface area contributed by atoms with E-state index in [1.165, 1.54) is 5.56 Å². The summed E-state index contributed by atoms with van der Waals surface area (Å²) in [5.74, 6) is 1.15. The molecule has 6 nitrogen and oxygen atoms in total. The Morgan fingerprint density at radius 2 is 1.87 bits per heavy atom. The van der Waals surface area contributed by atoms with Crippen LogP contribution >= 0.6 is 0 Å². The fourth-order valence-electron chi connectivity index (χ4n) is 2.38. The lowest BCUT2D eigenvalue weighted by atomic mass is 10.1. The number of nitrogens with one attached hydrogen (secondary N) is 1. The molecule has 0 aliphatic carbocycles. The number of hydrogen-bond donors (Lipinski definition) is 1. The van der Waals surface area contributed by atoms with Gasteiger partial charge in [0.15, 0.2) is 5.76 Å². The molecule has 1 N–H and O–H groups in total. The number of rotatable bonds is 8. The van der Waals surface area contributed by atoms with Gasteiger partial charge in [-0.25, -0.2) is 13.1 Å². The van der Waals surface area contributed by atoms with Crippen LogP contribution in [0.5, 0.6) is 5.75 Å². The molecule has 1 aromatic heterocycles. The first kappa shape index (κ1) is 17.5. The Balaban J connectivity index is 1.78. The summed E-state index contributed by atoms with van der Waals surface area (Å²) in [7, 11) is -1.92. The highest BCUT2D eigenvalue weighted by molar-refractivity contribution is 7.89. The summed E-state index contributed by atoms with van der Waals surface area (Å²) in [6.07, 6.45) is 2.56. The SMILES string of the molecule is COc1ccc(CCCCNS(=O)(=O)c2c(C)noc2C)cc1. The van der Waals surface area contributed by atoms with E-state index in [0.717, 1.165) is 25.0 Å². The minimum atomic E-state index is -3.56. The average Bonchev–Trinajstić information content (AvgIpc) is 2.87. The van der Waals surface area contributed by atoms with E-state index in [9.17, 15) is 8.42 Å². The number of hydrogen-bond acceptors (Lipinski definition) is 5. The van der Waals surface area contributed by atoms with Crippen LogP contribution < -0.4 is 9.46 Å². The molecule has 0 saturated carbocycles. The maximum Gasteiger partial charge on any atom is 0.245 e. The van der Waals surface area contributed by atoms with Crippen LogP contribution in [0.25, 0.3) is 0 Å². The van der Waals surface area contributed by atoms with E-state index in [1.54, 1.807) is 21.0 Å². The zero-order valence-corrected chi connectivity index (χ0v) is 14.4. The first-order valence-corrected chi connectivity index (χ1v) is 8.98. The topological polar surface area (TPSA) is 81.4 Å². The molecule has 0 spiro atoms. The lowest BCUT2D eigenvalue weighted by molar-refractivity contribution is 0.390. The standard InChI is InChI=1S/C16H22N2O4S/c1-12-16(13(2)22-18-12)23(19,20)17-11-5-4-6-14-7-9-15(21-3)10-8-14/h7-10,17H,4-6,11H2,1-3H3. The lowest BCUT2D eigenvalue weighted by Gasteiger charge is -2.06. The molecule has 0 atom stereocenters. The molecule has 1 heterocycles. The van der Waals surface area contributed by atoms with Crippen LogP contribution in [-0.2, 0) is 16.4 Å². The Morgan fingerprint density at radius 3 is 2.43 bits per heavy atom. The van der Waals surface area contributed by atoms with Gasteiger partial charge in [0, 0.05) is 6.54 Å². The molecule has 2 rings (SSSR count). The Morgan fingerprint density at radius 1 is 1.17 bits per heavy atom. The van der Waals surface area contributed by atoms with Gasteiger partial charge in [-0.3, -0.25) is 0 Å². The summed E-state index contributed by atoms with van der Waals surface area (Å²) in [4.78, 5) is 0.146.